The third kappa shape index (κ3) is 5.71. The summed E-state index contributed by atoms with van der Waals surface area (Å²) in [4.78, 5) is 15.7. The van der Waals surface area contributed by atoms with Gasteiger partial charge < -0.3 is 23.7 Å². The maximum atomic E-state index is 14.9. The van der Waals surface area contributed by atoms with E-state index >= 15 is 0 Å². The highest BCUT2D eigenvalue weighted by atomic mass is 31.2. The van der Waals surface area contributed by atoms with Crippen molar-refractivity contribution in [1.29, 1.82) is 0 Å². The molecule has 0 spiro atoms. The van der Waals surface area contributed by atoms with E-state index in [1.807, 2.05) is 84.9 Å². The number of hydrogen-bond donors (Lipinski definition) is 0. The van der Waals surface area contributed by atoms with Crippen LogP contribution >= 0.6 is 7.14 Å². The fourth-order valence-electron chi connectivity index (χ4n) is 4.25. The van der Waals surface area contributed by atoms with Crippen LogP contribution in [0.3, 0.4) is 0 Å². The van der Waals surface area contributed by atoms with Crippen LogP contribution in [0.1, 0.15) is 15.9 Å². The molecule has 0 aliphatic rings. The number of ether oxygens (including phenoxy) is 3. The zero-order valence-corrected chi connectivity index (χ0v) is 22.1. The van der Waals surface area contributed by atoms with Crippen LogP contribution in [0.5, 0.6) is 17.2 Å². The Labute approximate surface area is 217 Å². The maximum Gasteiger partial charge on any atom is 0.258 e. The Morgan fingerprint density at radius 3 is 1.81 bits per heavy atom. The van der Waals surface area contributed by atoms with E-state index in [1.165, 1.54) is 14.2 Å². The van der Waals surface area contributed by atoms with E-state index in [1.54, 1.807) is 30.2 Å². The number of nitrogens with zero attached hydrogens (tertiary/aromatic N) is 1. The van der Waals surface area contributed by atoms with Gasteiger partial charge in [-0.05, 0) is 29.8 Å². The molecular weight excluding hydrogens is 485 g/mol. The molecule has 1 amide bonds. The molecule has 6 nitrogen and oxygen atoms in total. The number of para-hydroxylation sites is 1. The van der Waals surface area contributed by atoms with Crippen molar-refractivity contribution in [3.05, 3.63) is 114 Å². The molecule has 37 heavy (non-hydrogen) atoms. The van der Waals surface area contributed by atoms with Gasteiger partial charge in [0.25, 0.3) is 5.91 Å². The highest BCUT2D eigenvalue weighted by Crippen LogP contribution is 2.45. The first kappa shape index (κ1) is 26.1. The summed E-state index contributed by atoms with van der Waals surface area (Å²) in [6.45, 7) is 0.243. The molecule has 0 unspecified atom stereocenters. The smallest absolute Gasteiger partial charge is 0.258 e. The monoisotopic (exact) mass is 515 g/mol. The Balaban J connectivity index is 1.82. The number of rotatable bonds is 10. The molecule has 0 bridgehead atoms. The number of carbonyl (C=O) groups is 1. The molecular formula is C30H30NO5P. The zero-order valence-electron chi connectivity index (χ0n) is 21.2. The van der Waals surface area contributed by atoms with Crippen LogP contribution in [-0.4, -0.2) is 38.4 Å². The van der Waals surface area contributed by atoms with Crippen LogP contribution in [0.2, 0.25) is 0 Å². The molecule has 0 saturated carbocycles. The lowest BCUT2D eigenvalue weighted by molar-refractivity contribution is 0.0768. The van der Waals surface area contributed by atoms with Crippen LogP contribution in [0.15, 0.2) is 103 Å². The first-order valence-corrected chi connectivity index (χ1v) is 13.7. The van der Waals surface area contributed by atoms with E-state index in [0.717, 1.165) is 11.3 Å². The fourth-order valence-corrected chi connectivity index (χ4v) is 6.90. The molecule has 0 aliphatic carbocycles. The van der Waals surface area contributed by atoms with Gasteiger partial charge in [-0.15, -0.1) is 0 Å². The van der Waals surface area contributed by atoms with Gasteiger partial charge in [0.05, 0.1) is 33.2 Å². The SMILES string of the molecule is COc1ccc(CN(CP(=O)(c2ccccc2)c2ccccc2)C(=O)c2cccc(OC)c2OC)cc1. The van der Waals surface area contributed by atoms with Gasteiger partial charge in [-0.25, -0.2) is 0 Å². The largest absolute Gasteiger partial charge is 0.497 e. The number of amides is 1. The molecule has 0 atom stereocenters. The zero-order chi connectivity index (χ0) is 26.3. The van der Waals surface area contributed by atoms with Crippen molar-refractivity contribution >= 4 is 23.7 Å². The Morgan fingerprint density at radius 2 is 1.30 bits per heavy atom. The van der Waals surface area contributed by atoms with Gasteiger partial charge in [0.15, 0.2) is 18.6 Å². The van der Waals surface area contributed by atoms with Crippen LogP contribution in [0.25, 0.3) is 0 Å². The average molecular weight is 516 g/mol. The molecule has 4 aromatic rings. The second-order valence-corrected chi connectivity index (χ2v) is 11.2. The summed E-state index contributed by atoms with van der Waals surface area (Å²) >= 11 is 0. The first-order valence-electron chi connectivity index (χ1n) is 11.8. The third-order valence-electron chi connectivity index (χ3n) is 6.17. The third-order valence-corrected chi connectivity index (χ3v) is 9.17. The lowest BCUT2D eigenvalue weighted by Gasteiger charge is -2.29. The highest BCUT2D eigenvalue weighted by Gasteiger charge is 2.33. The Hall–Kier alpha value is -4.02. The summed E-state index contributed by atoms with van der Waals surface area (Å²) in [5.41, 5.74) is 1.21. The van der Waals surface area contributed by atoms with Crippen molar-refractivity contribution < 1.29 is 23.6 Å². The molecule has 190 valence electrons. The molecule has 0 radical (unpaired) electrons. The predicted molar refractivity (Wildman–Crippen MR) is 147 cm³/mol. The van der Waals surface area contributed by atoms with E-state index in [-0.39, 0.29) is 18.7 Å². The molecule has 0 fully saturated rings. The van der Waals surface area contributed by atoms with Crippen molar-refractivity contribution in [3.8, 4) is 17.2 Å². The standard InChI is InChI=1S/C30H30NO5P/c1-34-24-19-17-23(18-20-24)21-31(30(32)27-15-10-16-28(35-2)29(27)36-3)22-37(33,25-11-6-4-7-12-25)26-13-8-5-9-14-26/h4-20H,21-22H2,1-3H3. The summed E-state index contributed by atoms with van der Waals surface area (Å²) < 4.78 is 31.1. The highest BCUT2D eigenvalue weighted by molar-refractivity contribution is 7.78. The fraction of sp³-hybridized carbons (Fsp3) is 0.167. The summed E-state index contributed by atoms with van der Waals surface area (Å²) in [6.07, 6.45) is 0.00620. The first-order chi connectivity index (χ1) is 18.0. The number of methoxy groups -OCH3 is 3. The molecule has 7 heteroatoms. The van der Waals surface area contributed by atoms with E-state index in [9.17, 15) is 9.36 Å². The molecule has 4 rings (SSSR count). The van der Waals surface area contributed by atoms with Gasteiger partial charge in [0.1, 0.15) is 5.75 Å². The minimum Gasteiger partial charge on any atom is -0.497 e. The summed E-state index contributed by atoms with van der Waals surface area (Å²) in [5.74, 6) is 1.20. The lowest BCUT2D eigenvalue weighted by Crippen LogP contribution is -2.35. The quantitative estimate of drug-likeness (QED) is 0.267. The number of carbonyl (C=O) groups excluding carboxylic acids is 1. The second kappa shape index (κ2) is 11.8. The van der Waals surface area contributed by atoms with Gasteiger partial charge >= 0.3 is 0 Å². The predicted octanol–water partition coefficient (Wildman–Crippen LogP) is 5.33. The molecule has 0 heterocycles. The molecule has 0 saturated heterocycles. The minimum atomic E-state index is -3.24. The van der Waals surface area contributed by atoms with Gasteiger partial charge in [0, 0.05) is 17.2 Å². The van der Waals surface area contributed by atoms with Crippen LogP contribution in [0, 0.1) is 0 Å². The molecule has 4 aromatic carbocycles. The maximum absolute atomic E-state index is 14.9. The van der Waals surface area contributed by atoms with E-state index in [0.29, 0.717) is 27.7 Å². The van der Waals surface area contributed by atoms with Crippen LogP contribution in [-0.2, 0) is 11.1 Å². The van der Waals surface area contributed by atoms with Crippen molar-refractivity contribution in [3.63, 3.8) is 0 Å². The van der Waals surface area contributed by atoms with Crippen molar-refractivity contribution in [2.75, 3.05) is 27.6 Å². The van der Waals surface area contributed by atoms with Crippen molar-refractivity contribution in [1.82, 2.24) is 4.90 Å². The van der Waals surface area contributed by atoms with E-state index in [4.69, 9.17) is 14.2 Å². The number of hydrogen-bond acceptors (Lipinski definition) is 5. The van der Waals surface area contributed by atoms with Crippen LogP contribution in [0.4, 0.5) is 0 Å². The van der Waals surface area contributed by atoms with E-state index < -0.39 is 7.14 Å². The van der Waals surface area contributed by atoms with Gasteiger partial charge in [-0.2, -0.15) is 0 Å². The summed E-state index contributed by atoms with van der Waals surface area (Å²) in [5, 5.41) is 1.37. The minimum absolute atomic E-state index is 0.00620. The summed E-state index contributed by atoms with van der Waals surface area (Å²) in [7, 11) is 1.40. The van der Waals surface area contributed by atoms with Crippen molar-refractivity contribution in [2.24, 2.45) is 0 Å². The Bertz CT molecular complexity index is 1330. The van der Waals surface area contributed by atoms with Gasteiger partial charge in [-0.3, -0.25) is 4.79 Å². The molecule has 0 aliphatic heterocycles. The van der Waals surface area contributed by atoms with Crippen molar-refractivity contribution in [2.45, 2.75) is 6.54 Å². The normalized spacial score (nSPS) is 11.0. The number of benzene rings is 4. The summed E-state index contributed by atoms with van der Waals surface area (Å²) in [6, 6.07) is 31.3. The average Bonchev–Trinajstić information content (AvgIpc) is 2.97. The lowest BCUT2D eigenvalue weighted by atomic mass is 10.1. The molecule has 0 N–H and O–H groups in total. The van der Waals surface area contributed by atoms with Gasteiger partial charge in [0.2, 0.25) is 0 Å². The Morgan fingerprint density at radius 1 is 0.703 bits per heavy atom. The Kier molecular flexibility index (Phi) is 8.32. The molecule has 0 aromatic heterocycles. The second-order valence-electron chi connectivity index (χ2n) is 8.44. The van der Waals surface area contributed by atoms with Gasteiger partial charge in [-0.1, -0.05) is 78.9 Å². The van der Waals surface area contributed by atoms with Crippen LogP contribution < -0.4 is 24.8 Å². The van der Waals surface area contributed by atoms with E-state index in [2.05, 4.69) is 0 Å². The topological polar surface area (TPSA) is 65.1 Å².